The number of halogens is 2. The first kappa shape index (κ1) is 25.2. The van der Waals surface area contributed by atoms with Gasteiger partial charge in [-0.15, -0.1) is 12.4 Å². The molecule has 2 heterocycles. The smallest absolute Gasteiger partial charge is 0.265 e. The Morgan fingerprint density at radius 1 is 1.10 bits per heavy atom. The Balaban J connectivity index is 0.00000341. The average molecular weight is 508 g/mol. The standard InChI is InChI=1S/C24H31BrN4O.ClH/c1-6-8-18(9-7-2)28-21-12-16(5)27-24-19(13-20(23(26)30)29(21)24)22-14(3)10-17(25)11-15(22)4;/h10-13,18,28H,6-9H2,1-5H3,(H2,26,30);1H. The van der Waals surface area contributed by atoms with Gasteiger partial charge in [0, 0.05) is 27.8 Å². The van der Waals surface area contributed by atoms with Gasteiger partial charge in [-0.1, -0.05) is 42.6 Å². The number of fused-ring (bicyclic) bond motifs is 1. The van der Waals surface area contributed by atoms with Gasteiger partial charge in [0.25, 0.3) is 5.91 Å². The molecule has 3 N–H and O–H groups in total. The van der Waals surface area contributed by atoms with Gasteiger partial charge in [-0.3, -0.25) is 9.20 Å². The molecule has 31 heavy (non-hydrogen) atoms. The van der Waals surface area contributed by atoms with E-state index in [9.17, 15) is 4.79 Å². The van der Waals surface area contributed by atoms with Crippen molar-refractivity contribution in [3.05, 3.63) is 51.3 Å². The molecule has 3 rings (SSSR count). The molecular formula is C24H32BrClN4O. The Labute approximate surface area is 199 Å². The van der Waals surface area contributed by atoms with Crippen molar-refractivity contribution in [3.8, 4) is 11.1 Å². The third kappa shape index (κ3) is 5.24. The predicted octanol–water partition coefficient (Wildman–Crippen LogP) is 6.59. The number of nitrogens with one attached hydrogen (secondary N) is 1. The molecule has 0 saturated carbocycles. The number of hydrogen-bond donors (Lipinski definition) is 2. The monoisotopic (exact) mass is 506 g/mol. The van der Waals surface area contributed by atoms with E-state index in [1.54, 1.807) is 0 Å². The van der Waals surface area contributed by atoms with Crippen molar-refractivity contribution in [2.24, 2.45) is 5.73 Å². The molecule has 0 unspecified atom stereocenters. The van der Waals surface area contributed by atoms with Gasteiger partial charge in [0.05, 0.1) is 0 Å². The minimum atomic E-state index is -0.458. The molecule has 5 nitrogen and oxygen atoms in total. The minimum absolute atomic E-state index is 0. The van der Waals surface area contributed by atoms with Gasteiger partial charge in [0.15, 0.2) is 0 Å². The Morgan fingerprint density at radius 3 is 2.19 bits per heavy atom. The highest BCUT2D eigenvalue weighted by atomic mass is 79.9. The molecule has 0 aliphatic carbocycles. The number of nitrogens with zero attached hydrogens (tertiary/aromatic N) is 2. The van der Waals surface area contributed by atoms with E-state index >= 15 is 0 Å². The van der Waals surface area contributed by atoms with Crippen molar-refractivity contribution < 1.29 is 4.79 Å². The van der Waals surface area contributed by atoms with Crippen molar-refractivity contribution in [1.82, 2.24) is 9.38 Å². The van der Waals surface area contributed by atoms with Crippen molar-refractivity contribution in [2.75, 3.05) is 5.32 Å². The van der Waals surface area contributed by atoms with Crippen LogP contribution in [0.5, 0.6) is 0 Å². The van der Waals surface area contributed by atoms with Crippen LogP contribution in [0.3, 0.4) is 0 Å². The molecule has 1 aromatic carbocycles. The number of primary amides is 1. The van der Waals surface area contributed by atoms with Gasteiger partial charge in [0.1, 0.15) is 17.2 Å². The zero-order valence-electron chi connectivity index (χ0n) is 18.9. The lowest BCUT2D eigenvalue weighted by Gasteiger charge is -2.21. The van der Waals surface area contributed by atoms with Gasteiger partial charge in [-0.25, -0.2) is 4.98 Å². The van der Waals surface area contributed by atoms with Gasteiger partial charge >= 0.3 is 0 Å². The number of nitrogens with two attached hydrogens (primary N) is 1. The summed E-state index contributed by atoms with van der Waals surface area (Å²) in [5.74, 6) is 0.414. The summed E-state index contributed by atoms with van der Waals surface area (Å²) in [5.41, 5.74) is 12.2. The lowest BCUT2D eigenvalue weighted by atomic mass is 9.97. The predicted molar refractivity (Wildman–Crippen MR) is 136 cm³/mol. The first-order valence-electron chi connectivity index (χ1n) is 10.6. The number of carbonyl (C=O) groups is 1. The number of carbonyl (C=O) groups excluding carboxylic acids is 1. The summed E-state index contributed by atoms with van der Waals surface area (Å²) < 4.78 is 2.93. The molecule has 168 valence electrons. The summed E-state index contributed by atoms with van der Waals surface area (Å²) in [5, 5.41) is 3.67. The lowest BCUT2D eigenvalue weighted by molar-refractivity contribution is 0.0995. The Kier molecular flexibility index (Phi) is 8.55. The van der Waals surface area contributed by atoms with E-state index in [0.29, 0.717) is 11.7 Å². The van der Waals surface area contributed by atoms with Gasteiger partial charge in [-0.05, 0) is 68.5 Å². The molecule has 0 bridgehead atoms. The van der Waals surface area contributed by atoms with E-state index in [4.69, 9.17) is 10.7 Å². The lowest BCUT2D eigenvalue weighted by Crippen LogP contribution is -2.23. The van der Waals surface area contributed by atoms with Crippen LogP contribution in [0.4, 0.5) is 5.82 Å². The highest BCUT2D eigenvalue weighted by Gasteiger charge is 2.22. The number of hydrogen-bond acceptors (Lipinski definition) is 3. The molecule has 0 atom stereocenters. The van der Waals surface area contributed by atoms with Crippen molar-refractivity contribution >= 4 is 45.7 Å². The zero-order chi connectivity index (χ0) is 22.0. The van der Waals surface area contributed by atoms with E-state index in [1.165, 1.54) is 0 Å². The van der Waals surface area contributed by atoms with Crippen molar-refractivity contribution in [1.29, 1.82) is 0 Å². The van der Waals surface area contributed by atoms with Crippen molar-refractivity contribution in [2.45, 2.75) is 66.3 Å². The third-order valence-corrected chi connectivity index (χ3v) is 5.95. The van der Waals surface area contributed by atoms with E-state index in [1.807, 2.05) is 23.5 Å². The maximum absolute atomic E-state index is 12.4. The highest BCUT2D eigenvalue weighted by molar-refractivity contribution is 9.10. The fraction of sp³-hybridized carbons (Fsp3) is 0.417. The second-order valence-corrected chi connectivity index (χ2v) is 9.00. The van der Waals surface area contributed by atoms with Crippen LogP contribution in [0, 0.1) is 20.8 Å². The summed E-state index contributed by atoms with van der Waals surface area (Å²) in [7, 11) is 0. The number of amides is 1. The van der Waals surface area contributed by atoms with Crippen LogP contribution in [-0.2, 0) is 0 Å². The van der Waals surface area contributed by atoms with Gasteiger partial charge in [0.2, 0.25) is 0 Å². The second kappa shape index (κ2) is 10.5. The Hall–Kier alpha value is -2.05. The van der Waals surface area contributed by atoms with Crippen LogP contribution < -0.4 is 11.1 Å². The number of rotatable bonds is 8. The molecule has 3 aromatic rings. The number of benzene rings is 1. The Morgan fingerprint density at radius 2 is 1.68 bits per heavy atom. The summed E-state index contributed by atoms with van der Waals surface area (Å²) in [4.78, 5) is 17.2. The Bertz CT molecular complexity index is 1060. The second-order valence-electron chi connectivity index (χ2n) is 8.08. The number of aromatic nitrogens is 2. The molecule has 0 spiro atoms. The molecule has 2 aromatic heterocycles. The van der Waals surface area contributed by atoms with E-state index in [0.717, 1.165) is 69.6 Å². The minimum Gasteiger partial charge on any atom is -0.368 e. The molecule has 1 amide bonds. The molecule has 0 aliphatic rings. The fourth-order valence-corrected chi connectivity index (χ4v) is 5.00. The third-order valence-electron chi connectivity index (χ3n) is 5.49. The van der Waals surface area contributed by atoms with E-state index in [-0.39, 0.29) is 12.4 Å². The topological polar surface area (TPSA) is 72.4 Å². The van der Waals surface area contributed by atoms with Crippen LogP contribution in [0.25, 0.3) is 16.8 Å². The van der Waals surface area contributed by atoms with Crippen LogP contribution in [0.15, 0.2) is 28.7 Å². The molecule has 0 aliphatic heterocycles. The number of anilines is 1. The molecular weight excluding hydrogens is 476 g/mol. The van der Waals surface area contributed by atoms with Gasteiger partial charge in [-0.2, -0.15) is 0 Å². The summed E-state index contributed by atoms with van der Waals surface area (Å²) in [6.07, 6.45) is 4.34. The summed E-state index contributed by atoms with van der Waals surface area (Å²) in [6.45, 7) is 10.5. The van der Waals surface area contributed by atoms with Crippen LogP contribution >= 0.6 is 28.3 Å². The van der Waals surface area contributed by atoms with Crippen LogP contribution in [0.1, 0.15) is 66.8 Å². The first-order chi connectivity index (χ1) is 14.3. The zero-order valence-corrected chi connectivity index (χ0v) is 21.3. The van der Waals surface area contributed by atoms with Crippen LogP contribution in [-0.4, -0.2) is 21.3 Å². The average Bonchev–Trinajstić information content (AvgIpc) is 3.01. The van der Waals surface area contributed by atoms with E-state index in [2.05, 4.69) is 61.1 Å². The van der Waals surface area contributed by atoms with Gasteiger partial charge < -0.3 is 11.1 Å². The van der Waals surface area contributed by atoms with E-state index < -0.39 is 5.91 Å². The molecule has 7 heteroatoms. The normalized spacial score (nSPS) is 11.1. The molecule has 0 fully saturated rings. The highest BCUT2D eigenvalue weighted by Crippen LogP contribution is 2.36. The largest absolute Gasteiger partial charge is 0.368 e. The van der Waals surface area contributed by atoms with Crippen molar-refractivity contribution in [3.63, 3.8) is 0 Å². The first-order valence-corrected chi connectivity index (χ1v) is 11.4. The maximum atomic E-state index is 12.4. The SMILES string of the molecule is CCCC(CCC)Nc1cc(C)nc2c(-c3c(C)cc(Br)cc3C)cc(C(N)=O)n12.Cl. The summed E-state index contributed by atoms with van der Waals surface area (Å²) >= 11 is 3.57. The fourth-order valence-electron chi connectivity index (χ4n) is 4.32. The number of aryl methyl sites for hydroxylation is 3. The molecule has 0 saturated heterocycles. The quantitative estimate of drug-likeness (QED) is 0.361. The maximum Gasteiger partial charge on any atom is 0.265 e. The summed E-state index contributed by atoms with van der Waals surface area (Å²) in [6, 6.07) is 8.40. The van der Waals surface area contributed by atoms with Crippen LogP contribution in [0.2, 0.25) is 0 Å². The molecule has 0 radical (unpaired) electrons.